The zero-order valence-electron chi connectivity index (χ0n) is 10.1. The Morgan fingerprint density at radius 3 is 2.79 bits per heavy atom. The predicted octanol–water partition coefficient (Wildman–Crippen LogP) is 2.12. The van der Waals surface area contributed by atoms with Crippen molar-refractivity contribution in [1.82, 2.24) is 5.32 Å². The lowest BCUT2D eigenvalue weighted by atomic mass is 10.1. The summed E-state index contributed by atoms with van der Waals surface area (Å²) in [5.74, 6) is -1.01. The minimum absolute atomic E-state index is 0.254. The van der Waals surface area contributed by atoms with Gasteiger partial charge in [0.05, 0.1) is 6.54 Å². The van der Waals surface area contributed by atoms with Crippen LogP contribution in [0.25, 0.3) is 0 Å². The number of carbonyl (C=O) groups excluding carboxylic acids is 1. The number of carboxylic acids is 1. The number of para-hydroxylation sites is 1. The number of amides is 2. The van der Waals surface area contributed by atoms with Gasteiger partial charge < -0.3 is 10.4 Å². The average molecular weight is 325 g/mol. The summed E-state index contributed by atoms with van der Waals surface area (Å²) < 4.78 is 0.625. The number of nitrogens with zero attached hydrogens (tertiary/aromatic N) is 1. The fourth-order valence-electron chi connectivity index (χ4n) is 2.09. The lowest BCUT2D eigenvalue weighted by Crippen LogP contribution is -2.48. The molecule has 1 aliphatic heterocycles. The molecule has 1 heterocycles. The summed E-state index contributed by atoms with van der Waals surface area (Å²) in [4.78, 5) is 24.7. The van der Waals surface area contributed by atoms with E-state index in [1.54, 1.807) is 12.1 Å². The molecule has 0 radical (unpaired) electrons. The van der Waals surface area contributed by atoms with E-state index in [-0.39, 0.29) is 6.54 Å². The van der Waals surface area contributed by atoms with Crippen LogP contribution < -0.4 is 10.2 Å². The van der Waals surface area contributed by atoms with Crippen LogP contribution in [0, 0.1) is 0 Å². The smallest absolute Gasteiger partial charge is 0.327 e. The fraction of sp³-hybridized carbons (Fsp3) is 0.231. The van der Waals surface area contributed by atoms with E-state index in [0.29, 0.717) is 16.6 Å². The van der Waals surface area contributed by atoms with Gasteiger partial charge in [0.15, 0.2) is 0 Å². The first-order valence-electron chi connectivity index (χ1n) is 5.71. The molecule has 1 unspecified atom stereocenters. The van der Waals surface area contributed by atoms with Crippen molar-refractivity contribution in [2.75, 3.05) is 11.4 Å². The molecule has 1 aliphatic rings. The SMILES string of the molecule is C=C(Br)CNC(=O)N1c2ccccc2CC1C(=O)O. The number of nitrogens with one attached hydrogen (secondary N) is 1. The molecule has 100 valence electrons. The molecule has 0 bridgehead atoms. The highest BCUT2D eigenvalue weighted by Gasteiger charge is 2.38. The molecule has 1 aromatic rings. The first kappa shape index (κ1) is 13.6. The molecular formula is C13H13BrN2O3. The molecule has 0 aromatic heterocycles. The Bertz CT molecular complexity index is 544. The molecule has 2 rings (SSSR count). The summed E-state index contributed by atoms with van der Waals surface area (Å²) in [6.07, 6.45) is 0.328. The van der Waals surface area contributed by atoms with Crippen LogP contribution in [0.15, 0.2) is 35.3 Å². The highest BCUT2D eigenvalue weighted by atomic mass is 79.9. The Kier molecular flexibility index (Phi) is 3.90. The molecule has 0 aliphatic carbocycles. The quantitative estimate of drug-likeness (QED) is 0.894. The largest absolute Gasteiger partial charge is 0.480 e. The number of halogens is 1. The van der Waals surface area contributed by atoms with Gasteiger partial charge in [-0.25, -0.2) is 9.59 Å². The van der Waals surface area contributed by atoms with Gasteiger partial charge in [0, 0.05) is 16.6 Å². The second kappa shape index (κ2) is 5.44. The second-order valence-corrected chi connectivity index (χ2v) is 5.35. The van der Waals surface area contributed by atoms with Gasteiger partial charge in [-0.3, -0.25) is 4.90 Å². The van der Waals surface area contributed by atoms with Crippen molar-refractivity contribution in [2.45, 2.75) is 12.5 Å². The summed E-state index contributed by atoms with van der Waals surface area (Å²) in [6, 6.07) is 5.91. The predicted molar refractivity (Wildman–Crippen MR) is 75.5 cm³/mol. The third-order valence-electron chi connectivity index (χ3n) is 2.91. The van der Waals surface area contributed by atoms with Gasteiger partial charge in [-0.1, -0.05) is 40.7 Å². The van der Waals surface area contributed by atoms with Crippen LogP contribution in [0.3, 0.4) is 0 Å². The molecular weight excluding hydrogens is 312 g/mol. The minimum Gasteiger partial charge on any atom is -0.480 e. The molecule has 0 spiro atoms. The highest BCUT2D eigenvalue weighted by Crippen LogP contribution is 2.32. The van der Waals surface area contributed by atoms with E-state index in [1.807, 2.05) is 12.1 Å². The zero-order valence-corrected chi connectivity index (χ0v) is 11.7. The topological polar surface area (TPSA) is 69.6 Å². The monoisotopic (exact) mass is 324 g/mol. The lowest BCUT2D eigenvalue weighted by molar-refractivity contribution is -0.138. The van der Waals surface area contributed by atoms with Gasteiger partial charge >= 0.3 is 12.0 Å². The van der Waals surface area contributed by atoms with Gasteiger partial charge in [0.2, 0.25) is 0 Å². The van der Waals surface area contributed by atoms with Crippen LogP contribution in [0.1, 0.15) is 5.56 Å². The van der Waals surface area contributed by atoms with Crippen molar-refractivity contribution in [3.05, 3.63) is 40.9 Å². The first-order valence-corrected chi connectivity index (χ1v) is 6.51. The van der Waals surface area contributed by atoms with Crippen molar-refractivity contribution in [3.8, 4) is 0 Å². The summed E-state index contributed by atoms with van der Waals surface area (Å²) >= 11 is 3.14. The molecule has 1 aromatic carbocycles. The molecule has 1 atom stereocenters. The molecule has 19 heavy (non-hydrogen) atoms. The summed E-state index contributed by atoms with van der Waals surface area (Å²) in [6.45, 7) is 3.87. The minimum atomic E-state index is -1.01. The standard InChI is InChI=1S/C13H13BrN2O3/c1-8(14)7-15-13(19)16-10-5-3-2-4-9(10)6-11(16)12(17)18/h2-5,11H,1,6-7H2,(H,15,19)(H,17,18). The fourth-order valence-corrected chi connectivity index (χ4v) is 2.23. The number of benzene rings is 1. The van der Waals surface area contributed by atoms with Crippen molar-refractivity contribution >= 4 is 33.6 Å². The number of carboxylic acid groups (broad SMARTS) is 1. The van der Waals surface area contributed by atoms with Gasteiger partial charge in [0.1, 0.15) is 6.04 Å². The Balaban J connectivity index is 2.26. The van der Waals surface area contributed by atoms with E-state index < -0.39 is 18.0 Å². The molecule has 0 saturated heterocycles. The number of hydrogen-bond donors (Lipinski definition) is 2. The number of carbonyl (C=O) groups is 2. The number of hydrogen-bond acceptors (Lipinski definition) is 2. The number of rotatable bonds is 3. The third-order valence-corrected chi connectivity index (χ3v) is 3.19. The average Bonchev–Trinajstić information content (AvgIpc) is 2.75. The Hall–Kier alpha value is -1.82. The van der Waals surface area contributed by atoms with E-state index in [2.05, 4.69) is 27.8 Å². The summed E-state index contributed by atoms with van der Waals surface area (Å²) in [5.41, 5.74) is 1.51. The van der Waals surface area contributed by atoms with Gasteiger partial charge in [-0.15, -0.1) is 0 Å². The van der Waals surface area contributed by atoms with Crippen molar-refractivity contribution in [2.24, 2.45) is 0 Å². The lowest BCUT2D eigenvalue weighted by Gasteiger charge is -2.22. The van der Waals surface area contributed by atoms with Crippen molar-refractivity contribution < 1.29 is 14.7 Å². The van der Waals surface area contributed by atoms with Gasteiger partial charge in [-0.2, -0.15) is 0 Å². The highest BCUT2D eigenvalue weighted by molar-refractivity contribution is 9.11. The second-order valence-electron chi connectivity index (χ2n) is 4.23. The number of anilines is 1. The van der Waals surface area contributed by atoms with E-state index >= 15 is 0 Å². The molecule has 0 saturated carbocycles. The van der Waals surface area contributed by atoms with E-state index in [0.717, 1.165) is 5.56 Å². The number of fused-ring (bicyclic) bond motifs is 1. The van der Waals surface area contributed by atoms with Crippen LogP contribution in [0.4, 0.5) is 10.5 Å². The molecule has 2 amide bonds. The third kappa shape index (κ3) is 2.78. The maximum atomic E-state index is 12.1. The summed E-state index contributed by atoms with van der Waals surface area (Å²) in [5, 5.41) is 11.9. The van der Waals surface area contributed by atoms with Crippen LogP contribution >= 0.6 is 15.9 Å². The first-order chi connectivity index (χ1) is 9.00. The normalized spacial score (nSPS) is 16.9. The molecule has 6 heteroatoms. The molecule has 0 fully saturated rings. The Morgan fingerprint density at radius 2 is 2.16 bits per heavy atom. The number of aliphatic carboxylic acids is 1. The van der Waals surface area contributed by atoms with Crippen LogP contribution in [-0.4, -0.2) is 29.7 Å². The number of urea groups is 1. The van der Waals surface area contributed by atoms with Gasteiger partial charge in [0.25, 0.3) is 0 Å². The van der Waals surface area contributed by atoms with Gasteiger partial charge in [-0.05, 0) is 11.6 Å². The van der Waals surface area contributed by atoms with E-state index in [1.165, 1.54) is 4.90 Å². The van der Waals surface area contributed by atoms with Crippen molar-refractivity contribution in [1.29, 1.82) is 0 Å². The van der Waals surface area contributed by atoms with E-state index in [4.69, 9.17) is 0 Å². The Labute approximate surface area is 119 Å². The molecule has 2 N–H and O–H groups in total. The van der Waals surface area contributed by atoms with Crippen LogP contribution in [0.2, 0.25) is 0 Å². The van der Waals surface area contributed by atoms with E-state index in [9.17, 15) is 14.7 Å². The van der Waals surface area contributed by atoms with Crippen LogP contribution in [-0.2, 0) is 11.2 Å². The zero-order chi connectivity index (χ0) is 14.0. The van der Waals surface area contributed by atoms with Crippen molar-refractivity contribution in [3.63, 3.8) is 0 Å². The maximum Gasteiger partial charge on any atom is 0.327 e. The Morgan fingerprint density at radius 1 is 1.47 bits per heavy atom. The summed E-state index contributed by atoms with van der Waals surface area (Å²) in [7, 11) is 0. The van der Waals surface area contributed by atoms with Crippen LogP contribution in [0.5, 0.6) is 0 Å². The maximum absolute atomic E-state index is 12.1. The molecule has 5 nitrogen and oxygen atoms in total.